The van der Waals surface area contributed by atoms with E-state index in [1.54, 1.807) is 30.5 Å². The summed E-state index contributed by atoms with van der Waals surface area (Å²) in [5.41, 5.74) is 0.795. The summed E-state index contributed by atoms with van der Waals surface area (Å²) in [5, 5.41) is 7.54. The number of anilines is 3. The monoisotopic (exact) mass is 324 g/mol. The number of nitrogens with one attached hydrogen (secondary N) is 2. The molecule has 0 aliphatic carbocycles. The van der Waals surface area contributed by atoms with E-state index in [1.165, 1.54) is 12.8 Å². The van der Waals surface area contributed by atoms with Crippen molar-refractivity contribution in [2.45, 2.75) is 26.2 Å². The molecule has 1 aromatic heterocycles. The molecule has 2 N–H and O–H groups in total. The lowest BCUT2D eigenvalue weighted by Crippen LogP contribution is -2.06. The third kappa shape index (κ3) is 5.40. The molecular weight excluding hydrogens is 307 g/mol. The van der Waals surface area contributed by atoms with Gasteiger partial charge in [0.2, 0.25) is 5.95 Å². The summed E-state index contributed by atoms with van der Waals surface area (Å²) in [6, 6.07) is 7.08. The fourth-order valence-electron chi connectivity index (χ4n) is 1.86. The zero-order valence-electron chi connectivity index (χ0n) is 11.9. The Hall–Kier alpha value is -1.52. The molecule has 0 aliphatic rings. The van der Waals surface area contributed by atoms with Crippen LogP contribution in [0.3, 0.4) is 0 Å². The van der Waals surface area contributed by atoms with Crippen molar-refractivity contribution in [3.8, 4) is 0 Å². The minimum Gasteiger partial charge on any atom is -0.354 e. The summed E-state index contributed by atoms with van der Waals surface area (Å²) in [7, 11) is 0. The Labute approximate surface area is 134 Å². The molecule has 0 fully saturated rings. The Balaban J connectivity index is 2.00. The minimum atomic E-state index is 0.581. The molecule has 0 bridgehead atoms. The van der Waals surface area contributed by atoms with Crippen molar-refractivity contribution >= 4 is 40.7 Å². The van der Waals surface area contributed by atoms with Gasteiger partial charge in [-0.15, -0.1) is 0 Å². The number of hydrogen-bond acceptors (Lipinski definition) is 4. The number of nitrogens with zero attached hydrogens (tertiary/aromatic N) is 2. The quantitative estimate of drug-likeness (QED) is 0.693. The Morgan fingerprint density at radius 1 is 1.10 bits per heavy atom. The average Bonchev–Trinajstić information content (AvgIpc) is 2.43. The highest BCUT2D eigenvalue weighted by Gasteiger charge is 2.02. The first kappa shape index (κ1) is 15.9. The lowest BCUT2D eigenvalue weighted by molar-refractivity contribution is 0.740. The lowest BCUT2D eigenvalue weighted by atomic mass is 10.2. The van der Waals surface area contributed by atoms with Crippen LogP contribution in [0.25, 0.3) is 0 Å². The highest BCUT2D eigenvalue weighted by atomic mass is 35.5. The smallest absolute Gasteiger partial charge is 0.224 e. The van der Waals surface area contributed by atoms with Crippen molar-refractivity contribution < 1.29 is 0 Å². The van der Waals surface area contributed by atoms with E-state index < -0.39 is 0 Å². The Morgan fingerprint density at radius 3 is 2.57 bits per heavy atom. The van der Waals surface area contributed by atoms with Crippen LogP contribution in [-0.4, -0.2) is 16.5 Å². The first-order chi connectivity index (χ1) is 10.2. The second-order valence-corrected chi connectivity index (χ2v) is 5.56. The van der Waals surface area contributed by atoms with E-state index in [9.17, 15) is 0 Å². The predicted molar refractivity (Wildman–Crippen MR) is 89.8 cm³/mol. The van der Waals surface area contributed by atoms with Gasteiger partial charge >= 0.3 is 0 Å². The van der Waals surface area contributed by atoms with E-state index in [-0.39, 0.29) is 0 Å². The molecule has 1 aromatic carbocycles. The highest BCUT2D eigenvalue weighted by molar-refractivity contribution is 6.35. The summed E-state index contributed by atoms with van der Waals surface area (Å²) in [6.07, 6.45) is 5.22. The Bertz CT molecular complexity index is 569. The summed E-state index contributed by atoms with van der Waals surface area (Å²) >= 11 is 12.0. The molecule has 0 saturated heterocycles. The van der Waals surface area contributed by atoms with Gasteiger partial charge in [0.25, 0.3) is 0 Å². The van der Waals surface area contributed by atoms with Crippen LogP contribution in [0.15, 0.2) is 30.5 Å². The number of aromatic nitrogens is 2. The standard InChI is InChI=1S/C15H18Cl2N4/c1-2-3-4-6-18-15-19-7-5-14(21-15)20-13-9-11(16)8-12(17)10-13/h5,7-10H,2-4,6H2,1H3,(H2,18,19,20,21). The Morgan fingerprint density at radius 2 is 1.86 bits per heavy atom. The first-order valence-electron chi connectivity index (χ1n) is 6.97. The van der Waals surface area contributed by atoms with Gasteiger partial charge in [0.1, 0.15) is 5.82 Å². The van der Waals surface area contributed by atoms with Gasteiger partial charge < -0.3 is 10.6 Å². The van der Waals surface area contributed by atoms with E-state index in [1.807, 2.05) is 0 Å². The molecule has 0 aliphatic heterocycles. The minimum absolute atomic E-state index is 0.581. The molecule has 4 nitrogen and oxygen atoms in total. The largest absolute Gasteiger partial charge is 0.354 e. The van der Waals surface area contributed by atoms with E-state index in [4.69, 9.17) is 23.2 Å². The van der Waals surface area contributed by atoms with Gasteiger partial charge in [-0.3, -0.25) is 0 Å². The van der Waals surface area contributed by atoms with E-state index in [2.05, 4.69) is 27.5 Å². The third-order valence-corrected chi connectivity index (χ3v) is 3.29. The molecule has 0 spiro atoms. The molecule has 0 unspecified atom stereocenters. The van der Waals surface area contributed by atoms with Crippen LogP contribution in [0, 0.1) is 0 Å². The van der Waals surface area contributed by atoms with Crippen LogP contribution in [0.5, 0.6) is 0 Å². The summed E-state index contributed by atoms with van der Waals surface area (Å²) in [5.74, 6) is 1.31. The molecule has 21 heavy (non-hydrogen) atoms. The first-order valence-corrected chi connectivity index (χ1v) is 7.73. The van der Waals surface area contributed by atoms with E-state index >= 15 is 0 Å². The number of hydrogen-bond donors (Lipinski definition) is 2. The van der Waals surface area contributed by atoms with Gasteiger partial charge in [0.15, 0.2) is 0 Å². The zero-order chi connectivity index (χ0) is 15.1. The van der Waals surface area contributed by atoms with Gasteiger partial charge in [-0.05, 0) is 30.7 Å². The number of rotatable bonds is 7. The molecule has 0 atom stereocenters. The van der Waals surface area contributed by atoms with Crippen LogP contribution in [0.4, 0.5) is 17.5 Å². The Kier molecular flexibility index (Phi) is 6.08. The van der Waals surface area contributed by atoms with Crippen molar-refractivity contribution in [3.05, 3.63) is 40.5 Å². The van der Waals surface area contributed by atoms with Crippen LogP contribution in [0.1, 0.15) is 26.2 Å². The van der Waals surface area contributed by atoms with Crippen LogP contribution in [-0.2, 0) is 0 Å². The molecule has 2 rings (SSSR count). The second kappa shape index (κ2) is 8.05. The molecule has 0 amide bonds. The van der Waals surface area contributed by atoms with E-state index in [0.717, 1.165) is 18.7 Å². The topological polar surface area (TPSA) is 49.8 Å². The fourth-order valence-corrected chi connectivity index (χ4v) is 2.39. The average molecular weight is 325 g/mol. The predicted octanol–water partition coefficient (Wildman–Crippen LogP) is 5.13. The maximum atomic E-state index is 5.98. The van der Waals surface area contributed by atoms with Crippen molar-refractivity contribution in [1.29, 1.82) is 0 Å². The SMILES string of the molecule is CCCCCNc1nccc(Nc2cc(Cl)cc(Cl)c2)n1. The van der Waals surface area contributed by atoms with Gasteiger partial charge in [-0.25, -0.2) is 4.98 Å². The van der Waals surface area contributed by atoms with Crippen molar-refractivity contribution in [2.75, 3.05) is 17.2 Å². The number of halogens is 2. The van der Waals surface area contributed by atoms with Crippen LogP contribution < -0.4 is 10.6 Å². The molecule has 2 aromatic rings. The molecular formula is C15H18Cl2N4. The lowest BCUT2D eigenvalue weighted by Gasteiger charge is -2.09. The molecule has 1 heterocycles. The van der Waals surface area contributed by atoms with Crippen molar-refractivity contribution in [3.63, 3.8) is 0 Å². The maximum absolute atomic E-state index is 5.98. The van der Waals surface area contributed by atoms with Gasteiger partial charge in [-0.2, -0.15) is 4.98 Å². The summed E-state index contributed by atoms with van der Waals surface area (Å²) < 4.78 is 0. The summed E-state index contributed by atoms with van der Waals surface area (Å²) in [4.78, 5) is 8.60. The maximum Gasteiger partial charge on any atom is 0.224 e. The van der Waals surface area contributed by atoms with Crippen LogP contribution >= 0.6 is 23.2 Å². The number of benzene rings is 1. The molecule has 0 radical (unpaired) electrons. The number of unbranched alkanes of at least 4 members (excludes halogenated alkanes) is 2. The van der Waals surface area contributed by atoms with Gasteiger partial charge in [-0.1, -0.05) is 43.0 Å². The fraction of sp³-hybridized carbons (Fsp3) is 0.333. The third-order valence-electron chi connectivity index (χ3n) is 2.85. The second-order valence-electron chi connectivity index (χ2n) is 4.68. The molecule has 0 saturated carbocycles. The molecule has 112 valence electrons. The van der Waals surface area contributed by atoms with E-state index in [0.29, 0.717) is 21.8 Å². The van der Waals surface area contributed by atoms with Crippen molar-refractivity contribution in [1.82, 2.24) is 9.97 Å². The zero-order valence-corrected chi connectivity index (χ0v) is 13.4. The summed E-state index contributed by atoms with van der Waals surface area (Å²) in [6.45, 7) is 3.05. The molecule has 6 heteroatoms. The van der Waals surface area contributed by atoms with Gasteiger partial charge in [0.05, 0.1) is 0 Å². The highest BCUT2D eigenvalue weighted by Crippen LogP contribution is 2.24. The van der Waals surface area contributed by atoms with Crippen LogP contribution in [0.2, 0.25) is 10.0 Å². The normalized spacial score (nSPS) is 10.4. The van der Waals surface area contributed by atoms with Crippen molar-refractivity contribution in [2.24, 2.45) is 0 Å². The van der Waals surface area contributed by atoms with Gasteiger partial charge in [0, 0.05) is 28.5 Å².